The van der Waals surface area contributed by atoms with Crippen LogP contribution in [0.1, 0.15) is 18.2 Å². The number of carbonyl (C=O) groups excluding carboxylic acids is 1. The minimum absolute atomic E-state index is 0.0769. The number of fused-ring (bicyclic) bond motifs is 1. The van der Waals surface area contributed by atoms with E-state index < -0.39 is 6.03 Å². The van der Waals surface area contributed by atoms with E-state index in [2.05, 4.69) is 15.6 Å². The van der Waals surface area contributed by atoms with Crippen molar-refractivity contribution in [3.63, 3.8) is 0 Å². The molecule has 4 rings (SSSR count). The number of benzene rings is 2. The van der Waals surface area contributed by atoms with Crippen LogP contribution in [0, 0.1) is 6.92 Å². The molecule has 8 heteroatoms. The van der Waals surface area contributed by atoms with Gasteiger partial charge in [-0.1, -0.05) is 30.3 Å². The van der Waals surface area contributed by atoms with Gasteiger partial charge in [0.2, 0.25) is 0 Å². The molecule has 0 aliphatic rings. The molecule has 4 aromatic rings. The summed E-state index contributed by atoms with van der Waals surface area (Å²) in [5.74, 6) is 1.04. The topological polar surface area (TPSA) is 94.0 Å². The number of ether oxygens (including phenoxy) is 2. The van der Waals surface area contributed by atoms with Gasteiger partial charge in [-0.25, -0.2) is 9.78 Å². The number of nitrogens with one attached hydrogen (secondary N) is 2. The molecule has 0 saturated carbocycles. The maximum absolute atomic E-state index is 12.6. The van der Waals surface area contributed by atoms with Crippen LogP contribution >= 0.6 is 0 Å². The van der Waals surface area contributed by atoms with E-state index in [9.17, 15) is 9.59 Å². The molecule has 0 bridgehead atoms. The molecule has 33 heavy (non-hydrogen) atoms. The lowest BCUT2D eigenvalue weighted by Crippen LogP contribution is -2.20. The second kappa shape index (κ2) is 9.86. The summed E-state index contributed by atoms with van der Waals surface area (Å²) < 4.78 is 12.9. The highest BCUT2D eigenvalue weighted by molar-refractivity contribution is 6.01. The van der Waals surface area contributed by atoms with Crippen molar-refractivity contribution in [3.05, 3.63) is 94.5 Å². The van der Waals surface area contributed by atoms with Crippen LogP contribution in [0.2, 0.25) is 0 Å². The van der Waals surface area contributed by atoms with Crippen LogP contribution in [0.5, 0.6) is 11.5 Å². The normalized spacial score (nSPS) is 10.6. The molecule has 0 fully saturated rings. The smallest absolute Gasteiger partial charge is 0.323 e. The standard InChI is InChI=1S/C25H24N4O4/c1-3-32-21-12-6-4-10-19(21)27-25(31)28-20-11-5-7-13-22(20)33-16-18-15-23(30)29-14-8-9-17(2)24(29)26-18/h4-15H,3,16H2,1-2H3,(H2,27,28,31). The third kappa shape index (κ3) is 5.12. The Morgan fingerprint density at radius 3 is 2.24 bits per heavy atom. The average Bonchev–Trinajstić information content (AvgIpc) is 2.81. The number of anilines is 2. The maximum Gasteiger partial charge on any atom is 0.323 e. The van der Waals surface area contributed by atoms with E-state index in [1.807, 2.05) is 32.0 Å². The fourth-order valence-corrected chi connectivity index (χ4v) is 3.36. The van der Waals surface area contributed by atoms with Gasteiger partial charge in [0, 0.05) is 12.3 Å². The number of nitrogens with zero attached hydrogens (tertiary/aromatic N) is 2. The Bertz CT molecular complexity index is 1350. The number of hydrogen-bond donors (Lipinski definition) is 2. The summed E-state index contributed by atoms with van der Waals surface area (Å²) in [6.45, 7) is 4.34. The molecule has 0 saturated heterocycles. The van der Waals surface area contributed by atoms with E-state index in [1.54, 1.807) is 48.7 Å². The second-order valence-corrected chi connectivity index (χ2v) is 7.26. The molecule has 2 amide bonds. The maximum atomic E-state index is 12.6. The number of pyridine rings is 1. The van der Waals surface area contributed by atoms with Crippen molar-refractivity contribution in [2.24, 2.45) is 0 Å². The molecule has 0 unspecified atom stereocenters. The second-order valence-electron chi connectivity index (χ2n) is 7.26. The number of hydrogen-bond acceptors (Lipinski definition) is 5. The van der Waals surface area contributed by atoms with Gasteiger partial charge < -0.3 is 20.1 Å². The predicted octanol–water partition coefficient (Wildman–Crippen LogP) is 4.62. The summed E-state index contributed by atoms with van der Waals surface area (Å²) >= 11 is 0. The van der Waals surface area contributed by atoms with Crippen LogP contribution in [0.3, 0.4) is 0 Å². The summed E-state index contributed by atoms with van der Waals surface area (Å²) in [6.07, 6.45) is 1.68. The first kappa shape index (κ1) is 21.9. The number of amides is 2. The predicted molar refractivity (Wildman–Crippen MR) is 127 cm³/mol. The number of rotatable bonds is 7. The fraction of sp³-hybridized carbons (Fsp3) is 0.160. The van der Waals surface area contributed by atoms with Crippen LogP contribution in [-0.4, -0.2) is 22.0 Å². The highest BCUT2D eigenvalue weighted by Crippen LogP contribution is 2.27. The largest absolute Gasteiger partial charge is 0.492 e. The summed E-state index contributed by atoms with van der Waals surface area (Å²) in [5, 5.41) is 5.59. The number of aryl methyl sites for hydroxylation is 1. The van der Waals surface area contributed by atoms with E-state index in [1.165, 1.54) is 10.5 Å². The number of carbonyl (C=O) groups is 1. The van der Waals surface area contributed by atoms with Crippen LogP contribution < -0.4 is 25.7 Å². The molecule has 2 N–H and O–H groups in total. The van der Waals surface area contributed by atoms with Crippen molar-refractivity contribution >= 4 is 23.1 Å². The molecule has 168 valence electrons. The van der Waals surface area contributed by atoms with Crippen molar-refractivity contribution in [2.45, 2.75) is 20.5 Å². The first-order valence-corrected chi connectivity index (χ1v) is 10.5. The highest BCUT2D eigenvalue weighted by atomic mass is 16.5. The van der Waals surface area contributed by atoms with E-state index in [4.69, 9.17) is 9.47 Å². The summed E-state index contributed by atoms with van der Waals surface area (Å²) in [5.41, 5.74) is 2.84. The Hall–Kier alpha value is -4.33. The molecule has 8 nitrogen and oxygen atoms in total. The summed E-state index contributed by atoms with van der Waals surface area (Å²) in [7, 11) is 0. The molecule has 0 spiro atoms. The van der Waals surface area contributed by atoms with Crippen LogP contribution in [0.25, 0.3) is 5.65 Å². The molecule has 2 heterocycles. The average molecular weight is 444 g/mol. The van der Waals surface area contributed by atoms with Gasteiger partial charge in [0.25, 0.3) is 5.56 Å². The Morgan fingerprint density at radius 2 is 1.58 bits per heavy atom. The molecule has 0 radical (unpaired) electrons. The molecular formula is C25H24N4O4. The third-order valence-electron chi connectivity index (χ3n) is 4.89. The Morgan fingerprint density at radius 1 is 0.939 bits per heavy atom. The first-order chi connectivity index (χ1) is 16.0. The van der Waals surface area contributed by atoms with Crippen molar-refractivity contribution in [2.75, 3.05) is 17.2 Å². The van der Waals surface area contributed by atoms with Gasteiger partial charge in [0.15, 0.2) is 0 Å². The van der Waals surface area contributed by atoms with Gasteiger partial charge in [0.05, 0.1) is 23.7 Å². The van der Waals surface area contributed by atoms with E-state index in [-0.39, 0.29) is 12.2 Å². The van der Waals surface area contributed by atoms with Gasteiger partial charge in [-0.2, -0.15) is 0 Å². The molecule has 0 atom stereocenters. The lowest BCUT2D eigenvalue weighted by Gasteiger charge is -2.15. The monoisotopic (exact) mass is 444 g/mol. The van der Waals surface area contributed by atoms with Crippen molar-refractivity contribution in [3.8, 4) is 11.5 Å². The lowest BCUT2D eigenvalue weighted by molar-refractivity contribution is 0.261. The van der Waals surface area contributed by atoms with E-state index >= 15 is 0 Å². The Balaban J connectivity index is 1.48. The van der Waals surface area contributed by atoms with Crippen LogP contribution in [-0.2, 0) is 6.61 Å². The zero-order chi connectivity index (χ0) is 23.2. The number of aromatic nitrogens is 2. The molecular weight excluding hydrogens is 420 g/mol. The van der Waals surface area contributed by atoms with Gasteiger partial charge in [0.1, 0.15) is 23.8 Å². The van der Waals surface area contributed by atoms with Crippen LogP contribution in [0.4, 0.5) is 16.2 Å². The Labute approximate surface area is 190 Å². The van der Waals surface area contributed by atoms with Crippen molar-refractivity contribution < 1.29 is 14.3 Å². The quantitative estimate of drug-likeness (QED) is 0.434. The van der Waals surface area contributed by atoms with Gasteiger partial charge in [-0.15, -0.1) is 0 Å². The molecule has 2 aromatic heterocycles. The van der Waals surface area contributed by atoms with Gasteiger partial charge >= 0.3 is 6.03 Å². The number of para-hydroxylation sites is 4. The van der Waals surface area contributed by atoms with Crippen molar-refractivity contribution in [1.29, 1.82) is 0 Å². The van der Waals surface area contributed by atoms with Crippen molar-refractivity contribution in [1.82, 2.24) is 9.38 Å². The molecule has 0 aliphatic carbocycles. The zero-order valence-electron chi connectivity index (χ0n) is 18.4. The number of urea groups is 1. The van der Waals surface area contributed by atoms with Gasteiger partial charge in [-0.3, -0.25) is 9.20 Å². The van der Waals surface area contributed by atoms with Gasteiger partial charge in [-0.05, 0) is 49.7 Å². The molecule has 2 aromatic carbocycles. The lowest BCUT2D eigenvalue weighted by atomic mass is 10.2. The minimum Gasteiger partial charge on any atom is -0.492 e. The summed E-state index contributed by atoms with van der Waals surface area (Å²) in [4.78, 5) is 29.6. The fourth-order valence-electron chi connectivity index (χ4n) is 3.36. The molecule has 0 aliphatic heterocycles. The van der Waals surface area contributed by atoms with E-state index in [0.717, 1.165) is 5.56 Å². The van der Waals surface area contributed by atoms with E-state index in [0.29, 0.717) is 40.8 Å². The SMILES string of the molecule is CCOc1ccccc1NC(=O)Nc1ccccc1OCc1cc(=O)n2cccc(C)c2n1. The minimum atomic E-state index is -0.434. The third-order valence-corrected chi connectivity index (χ3v) is 4.89. The van der Waals surface area contributed by atoms with Crippen LogP contribution in [0.15, 0.2) is 77.7 Å². The zero-order valence-corrected chi connectivity index (χ0v) is 18.4. The highest BCUT2D eigenvalue weighted by Gasteiger charge is 2.11. The summed E-state index contributed by atoms with van der Waals surface area (Å²) in [6, 6.07) is 19.0. The first-order valence-electron chi connectivity index (χ1n) is 10.5. The Kier molecular flexibility index (Phi) is 6.54.